The van der Waals surface area contributed by atoms with E-state index in [1.165, 1.54) is 57.8 Å². The van der Waals surface area contributed by atoms with Crippen molar-refractivity contribution >= 4 is 0 Å². The molecule has 5 aliphatic rings. The molecule has 1 aliphatic heterocycles. The second-order valence-corrected chi connectivity index (χ2v) is 12.9. The van der Waals surface area contributed by atoms with Crippen molar-refractivity contribution in [2.24, 2.45) is 52.3 Å². The Morgan fingerprint density at radius 3 is 2.52 bits per heavy atom. The summed E-state index contributed by atoms with van der Waals surface area (Å²) in [5, 5.41) is 10.4. The van der Waals surface area contributed by atoms with Gasteiger partial charge in [-0.2, -0.15) is 0 Å². The van der Waals surface area contributed by atoms with E-state index >= 15 is 0 Å². The highest BCUT2D eigenvalue weighted by molar-refractivity contribution is 5.17. The molecule has 4 aliphatic carbocycles. The summed E-state index contributed by atoms with van der Waals surface area (Å²) >= 11 is 0. The standard InChI is InChI=1S/C27H46O2/c1-16(2)7-6-8-17(3)20-11-12-21-19-10-9-18-15-23(28)24-25(29-24)27(18,5)22(19)13-14-26(20,21)4/h16-25,28H,6-15H2,1-5H3/t17-,18+,19+,20+,21-,22+,23+,24+,25+,26+,27+/m1/s1. The van der Waals surface area contributed by atoms with Crippen molar-refractivity contribution in [2.75, 3.05) is 0 Å². The van der Waals surface area contributed by atoms with Crippen molar-refractivity contribution in [3.63, 3.8) is 0 Å². The quantitative estimate of drug-likeness (QED) is 0.536. The highest BCUT2D eigenvalue weighted by atomic mass is 16.6. The van der Waals surface area contributed by atoms with Crippen molar-refractivity contribution in [1.82, 2.24) is 0 Å². The third-order valence-electron chi connectivity index (χ3n) is 11.2. The lowest BCUT2D eigenvalue weighted by Crippen LogP contribution is -2.57. The Balaban J connectivity index is 1.31. The third kappa shape index (κ3) is 3.09. The van der Waals surface area contributed by atoms with E-state index in [9.17, 15) is 5.11 Å². The molecule has 2 heteroatoms. The first-order chi connectivity index (χ1) is 13.8. The number of aliphatic hydroxyl groups excluding tert-OH is 1. The van der Waals surface area contributed by atoms with Gasteiger partial charge in [0.1, 0.15) is 6.10 Å². The maximum Gasteiger partial charge on any atom is 0.111 e. The van der Waals surface area contributed by atoms with Crippen LogP contribution in [0.3, 0.4) is 0 Å². The van der Waals surface area contributed by atoms with E-state index in [4.69, 9.17) is 4.74 Å². The molecule has 0 amide bonds. The monoisotopic (exact) mass is 402 g/mol. The summed E-state index contributed by atoms with van der Waals surface area (Å²) in [5.74, 6) is 6.10. The van der Waals surface area contributed by atoms with Crippen LogP contribution in [-0.4, -0.2) is 23.4 Å². The Morgan fingerprint density at radius 1 is 0.966 bits per heavy atom. The van der Waals surface area contributed by atoms with Crippen LogP contribution in [0.1, 0.15) is 98.8 Å². The smallest absolute Gasteiger partial charge is 0.111 e. The molecule has 0 unspecified atom stereocenters. The third-order valence-corrected chi connectivity index (χ3v) is 11.2. The van der Waals surface area contributed by atoms with Crippen LogP contribution >= 0.6 is 0 Å². The van der Waals surface area contributed by atoms with Crippen LogP contribution in [0.2, 0.25) is 0 Å². The summed E-state index contributed by atoms with van der Waals surface area (Å²) in [6.07, 6.45) is 14.2. The molecule has 166 valence electrons. The van der Waals surface area contributed by atoms with Crippen LogP contribution in [0.4, 0.5) is 0 Å². The van der Waals surface area contributed by atoms with Gasteiger partial charge in [-0.15, -0.1) is 0 Å². The number of hydrogen-bond acceptors (Lipinski definition) is 2. The van der Waals surface area contributed by atoms with E-state index in [2.05, 4.69) is 34.6 Å². The average Bonchev–Trinajstić information content (AvgIpc) is 3.40. The molecule has 0 aromatic rings. The normalized spacial score (nSPS) is 54.3. The maximum absolute atomic E-state index is 10.4. The van der Waals surface area contributed by atoms with Gasteiger partial charge in [0.2, 0.25) is 0 Å². The van der Waals surface area contributed by atoms with Gasteiger partial charge in [-0.3, -0.25) is 0 Å². The molecule has 0 spiro atoms. The number of epoxide rings is 1. The molecule has 0 bridgehead atoms. The van der Waals surface area contributed by atoms with Crippen molar-refractivity contribution in [1.29, 1.82) is 0 Å². The van der Waals surface area contributed by atoms with Gasteiger partial charge in [0.05, 0.1) is 12.2 Å². The molecule has 1 N–H and O–H groups in total. The van der Waals surface area contributed by atoms with E-state index in [0.29, 0.717) is 22.9 Å². The van der Waals surface area contributed by atoms with Crippen molar-refractivity contribution in [2.45, 2.75) is 117 Å². The van der Waals surface area contributed by atoms with Crippen LogP contribution < -0.4 is 0 Å². The van der Waals surface area contributed by atoms with E-state index in [-0.39, 0.29) is 12.2 Å². The summed E-state index contributed by atoms with van der Waals surface area (Å²) < 4.78 is 6.12. The molecule has 0 aromatic heterocycles. The lowest BCUT2D eigenvalue weighted by Gasteiger charge is -2.60. The van der Waals surface area contributed by atoms with Gasteiger partial charge in [0.15, 0.2) is 0 Å². The molecule has 5 fully saturated rings. The zero-order chi connectivity index (χ0) is 20.6. The summed E-state index contributed by atoms with van der Waals surface area (Å²) in [4.78, 5) is 0. The van der Waals surface area contributed by atoms with Gasteiger partial charge in [0.25, 0.3) is 0 Å². The summed E-state index contributed by atoms with van der Waals surface area (Å²) in [6, 6.07) is 0. The fraction of sp³-hybridized carbons (Fsp3) is 1.00. The Morgan fingerprint density at radius 2 is 1.76 bits per heavy atom. The van der Waals surface area contributed by atoms with Crippen molar-refractivity contribution in [3.05, 3.63) is 0 Å². The van der Waals surface area contributed by atoms with Crippen LogP contribution in [0.25, 0.3) is 0 Å². The first-order valence-corrected chi connectivity index (χ1v) is 13.1. The zero-order valence-corrected chi connectivity index (χ0v) is 19.7. The molecule has 29 heavy (non-hydrogen) atoms. The number of hydrogen-bond donors (Lipinski definition) is 1. The van der Waals surface area contributed by atoms with Crippen molar-refractivity contribution < 1.29 is 9.84 Å². The summed E-state index contributed by atoms with van der Waals surface area (Å²) in [7, 11) is 0. The summed E-state index contributed by atoms with van der Waals surface area (Å²) in [6.45, 7) is 12.6. The van der Waals surface area contributed by atoms with Crippen molar-refractivity contribution in [3.8, 4) is 0 Å². The molecular formula is C27H46O2. The molecule has 0 aromatic carbocycles. The predicted octanol–water partition coefficient (Wildman–Crippen LogP) is 6.46. The second kappa shape index (κ2) is 7.22. The number of aliphatic hydroxyl groups is 1. The highest BCUT2D eigenvalue weighted by Crippen LogP contribution is 2.70. The van der Waals surface area contributed by atoms with Gasteiger partial charge in [-0.25, -0.2) is 0 Å². The first kappa shape index (κ1) is 20.8. The Labute approximate surface area is 179 Å². The topological polar surface area (TPSA) is 32.8 Å². The lowest BCUT2D eigenvalue weighted by atomic mass is 9.44. The SMILES string of the molecule is CC(C)CCC[C@@H](C)[C@@H]1CC[C@@H]2[C@@H]3CC[C@H]4C[C@H](O)[C@@H]5O[C@@H]5[C@]4(C)[C@H]3CC[C@]21C. The van der Waals surface area contributed by atoms with Gasteiger partial charge < -0.3 is 9.84 Å². The molecule has 0 radical (unpaired) electrons. The fourth-order valence-electron chi connectivity index (χ4n) is 9.65. The van der Waals surface area contributed by atoms with Crippen LogP contribution in [0, 0.1) is 52.3 Å². The molecule has 2 nitrogen and oxygen atoms in total. The lowest BCUT2D eigenvalue weighted by molar-refractivity contribution is -0.122. The van der Waals surface area contributed by atoms with Gasteiger partial charge in [0, 0.05) is 5.41 Å². The molecule has 4 saturated carbocycles. The number of rotatable bonds is 5. The molecule has 1 saturated heterocycles. The molecule has 1 heterocycles. The predicted molar refractivity (Wildman–Crippen MR) is 119 cm³/mol. The highest BCUT2D eigenvalue weighted by Gasteiger charge is 2.69. The van der Waals surface area contributed by atoms with Crippen LogP contribution in [-0.2, 0) is 4.74 Å². The minimum absolute atomic E-state index is 0.167. The summed E-state index contributed by atoms with van der Waals surface area (Å²) in [5.41, 5.74) is 0.925. The molecular weight excluding hydrogens is 356 g/mol. The minimum Gasteiger partial charge on any atom is -0.390 e. The first-order valence-electron chi connectivity index (χ1n) is 13.1. The average molecular weight is 403 g/mol. The largest absolute Gasteiger partial charge is 0.390 e. The molecule has 11 atom stereocenters. The van der Waals surface area contributed by atoms with Gasteiger partial charge in [-0.05, 0) is 91.8 Å². The van der Waals surface area contributed by atoms with E-state index in [0.717, 1.165) is 41.9 Å². The Kier molecular flexibility index (Phi) is 5.18. The van der Waals surface area contributed by atoms with Gasteiger partial charge >= 0.3 is 0 Å². The van der Waals surface area contributed by atoms with E-state index < -0.39 is 0 Å². The second-order valence-electron chi connectivity index (χ2n) is 12.9. The van der Waals surface area contributed by atoms with E-state index in [1.807, 2.05) is 0 Å². The van der Waals surface area contributed by atoms with Gasteiger partial charge in [-0.1, -0.05) is 53.9 Å². The Hall–Kier alpha value is -0.0800. The zero-order valence-electron chi connectivity index (χ0n) is 19.7. The van der Waals surface area contributed by atoms with Crippen LogP contribution in [0.15, 0.2) is 0 Å². The fourth-order valence-corrected chi connectivity index (χ4v) is 9.65. The number of fused-ring (bicyclic) bond motifs is 7. The van der Waals surface area contributed by atoms with E-state index in [1.54, 1.807) is 0 Å². The minimum atomic E-state index is -0.189. The maximum atomic E-state index is 10.4. The van der Waals surface area contributed by atoms with Crippen LogP contribution in [0.5, 0.6) is 0 Å². The Bertz CT molecular complexity index is 616. The number of ether oxygens (including phenoxy) is 1. The molecule has 5 rings (SSSR count).